The Hall–Kier alpha value is -2.60. The highest BCUT2D eigenvalue weighted by atomic mass is 32.2. The summed E-state index contributed by atoms with van der Waals surface area (Å²) in [6.07, 6.45) is 3.72. The SMILES string of the molecule is COc1cc(C=CCSC(C)=O)ccc1OC(=O)c1ccc(F)cc1. The van der Waals surface area contributed by atoms with Crippen molar-refractivity contribution in [1.82, 2.24) is 0 Å². The van der Waals surface area contributed by atoms with Crippen LogP contribution in [0.25, 0.3) is 6.08 Å². The summed E-state index contributed by atoms with van der Waals surface area (Å²) in [4.78, 5) is 23.0. The Morgan fingerprint density at radius 3 is 2.48 bits per heavy atom. The molecule has 0 aliphatic carbocycles. The Labute approximate surface area is 149 Å². The summed E-state index contributed by atoms with van der Waals surface area (Å²) < 4.78 is 23.5. The average Bonchev–Trinajstić information content (AvgIpc) is 2.60. The van der Waals surface area contributed by atoms with Crippen LogP contribution in [0.5, 0.6) is 11.5 Å². The van der Waals surface area contributed by atoms with Gasteiger partial charge in [0.25, 0.3) is 0 Å². The molecule has 4 nitrogen and oxygen atoms in total. The zero-order chi connectivity index (χ0) is 18.2. The van der Waals surface area contributed by atoms with E-state index in [4.69, 9.17) is 9.47 Å². The Balaban J connectivity index is 2.09. The van der Waals surface area contributed by atoms with Gasteiger partial charge in [-0.1, -0.05) is 30.0 Å². The van der Waals surface area contributed by atoms with Gasteiger partial charge in [-0.25, -0.2) is 9.18 Å². The van der Waals surface area contributed by atoms with Gasteiger partial charge < -0.3 is 9.47 Å². The van der Waals surface area contributed by atoms with Crippen molar-refractivity contribution >= 4 is 28.9 Å². The minimum Gasteiger partial charge on any atom is -0.493 e. The summed E-state index contributed by atoms with van der Waals surface area (Å²) in [5.74, 6) is 0.232. The smallest absolute Gasteiger partial charge is 0.343 e. The van der Waals surface area contributed by atoms with Gasteiger partial charge >= 0.3 is 5.97 Å². The molecule has 0 aliphatic rings. The van der Waals surface area contributed by atoms with Crippen molar-refractivity contribution < 1.29 is 23.5 Å². The van der Waals surface area contributed by atoms with Crippen molar-refractivity contribution in [2.75, 3.05) is 12.9 Å². The van der Waals surface area contributed by atoms with Crippen LogP contribution in [0.1, 0.15) is 22.8 Å². The summed E-state index contributed by atoms with van der Waals surface area (Å²) in [6.45, 7) is 1.52. The highest BCUT2D eigenvalue weighted by Gasteiger charge is 2.12. The van der Waals surface area contributed by atoms with Gasteiger partial charge in [0.1, 0.15) is 5.82 Å². The number of rotatable bonds is 6. The number of thioether (sulfide) groups is 1. The number of carbonyl (C=O) groups is 2. The van der Waals surface area contributed by atoms with Crippen LogP contribution in [-0.2, 0) is 4.79 Å². The average molecular weight is 360 g/mol. The summed E-state index contributed by atoms with van der Waals surface area (Å²) in [6, 6.07) is 10.2. The van der Waals surface area contributed by atoms with Crippen molar-refractivity contribution in [2.24, 2.45) is 0 Å². The van der Waals surface area contributed by atoms with Gasteiger partial charge in [0.15, 0.2) is 16.6 Å². The van der Waals surface area contributed by atoms with E-state index < -0.39 is 11.8 Å². The molecule has 0 unspecified atom stereocenters. The second-order valence-corrected chi connectivity index (χ2v) is 6.21. The van der Waals surface area contributed by atoms with E-state index in [9.17, 15) is 14.0 Å². The van der Waals surface area contributed by atoms with Gasteiger partial charge in [0.05, 0.1) is 12.7 Å². The van der Waals surface area contributed by atoms with Crippen molar-refractivity contribution in [3.05, 3.63) is 65.5 Å². The maximum absolute atomic E-state index is 12.9. The predicted molar refractivity (Wildman–Crippen MR) is 96.5 cm³/mol. The van der Waals surface area contributed by atoms with Crippen LogP contribution in [0, 0.1) is 5.82 Å². The largest absolute Gasteiger partial charge is 0.493 e. The van der Waals surface area contributed by atoms with E-state index in [0.717, 1.165) is 5.56 Å². The Morgan fingerprint density at radius 1 is 1.12 bits per heavy atom. The number of ether oxygens (including phenoxy) is 2. The molecule has 0 aliphatic heterocycles. The molecule has 0 atom stereocenters. The summed E-state index contributed by atoms with van der Waals surface area (Å²) in [7, 11) is 1.48. The van der Waals surface area contributed by atoms with E-state index in [1.807, 2.05) is 12.2 Å². The first-order valence-electron chi connectivity index (χ1n) is 7.45. The number of benzene rings is 2. The van der Waals surface area contributed by atoms with Gasteiger partial charge in [0.2, 0.25) is 0 Å². The molecule has 0 saturated carbocycles. The molecule has 0 aromatic heterocycles. The molecular formula is C19H17FO4S. The van der Waals surface area contributed by atoms with Crippen LogP contribution in [0.15, 0.2) is 48.5 Å². The Morgan fingerprint density at radius 2 is 1.84 bits per heavy atom. The molecule has 2 aromatic carbocycles. The number of hydrogen-bond donors (Lipinski definition) is 0. The van der Waals surface area contributed by atoms with Crippen LogP contribution in [0.4, 0.5) is 4.39 Å². The fourth-order valence-corrected chi connectivity index (χ4v) is 2.39. The Kier molecular flexibility index (Phi) is 6.77. The first-order valence-corrected chi connectivity index (χ1v) is 8.44. The third-order valence-electron chi connectivity index (χ3n) is 3.16. The van der Waals surface area contributed by atoms with Gasteiger partial charge in [-0.05, 0) is 42.0 Å². The minimum atomic E-state index is -0.598. The minimum absolute atomic E-state index is 0.0604. The molecular weight excluding hydrogens is 343 g/mol. The molecule has 2 rings (SSSR count). The molecule has 0 amide bonds. The second-order valence-electron chi connectivity index (χ2n) is 5.01. The standard InChI is InChI=1S/C19H17FO4S/c1-13(21)25-11-3-4-14-5-10-17(18(12-14)23-2)24-19(22)15-6-8-16(20)9-7-15/h3-10,12H,11H2,1-2H3. The zero-order valence-electron chi connectivity index (χ0n) is 13.8. The second kappa shape index (κ2) is 9.03. The van der Waals surface area contributed by atoms with E-state index in [2.05, 4.69) is 0 Å². The van der Waals surface area contributed by atoms with E-state index in [-0.39, 0.29) is 16.4 Å². The van der Waals surface area contributed by atoms with Crippen molar-refractivity contribution in [1.29, 1.82) is 0 Å². The number of methoxy groups -OCH3 is 1. The highest BCUT2D eigenvalue weighted by Crippen LogP contribution is 2.29. The molecule has 0 saturated heterocycles. The number of halogens is 1. The number of hydrogen-bond acceptors (Lipinski definition) is 5. The van der Waals surface area contributed by atoms with Crippen LogP contribution in [0.2, 0.25) is 0 Å². The molecule has 0 fully saturated rings. The van der Waals surface area contributed by atoms with Crippen LogP contribution in [0.3, 0.4) is 0 Å². The van der Waals surface area contributed by atoms with Crippen molar-refractivity contribution in [2.45, 2.75) is 6.92 Å². The predicted octanol–water partition coefficient (Wildman–Crippen LogP) is 4.35. The monoisotopic (exact) mass is 360 g/mol. The Bertz CT molecular complexity index is 785. The molecule has 2 aromatic rings. The number of carbonyl (C=O) groups excluding carboxylic acids is 2. The lowest BCUT2D eigenvalue weighted by atomic mass is 10.2. The van der Waals surface area contributed by atoms with E-state index >= 15 is 0 Å². The molecule has 0 radical (unpaired) electrons. The van der Waals surface area contributed by atoms with E-state index in [1.54, 1.807) is 18.2 Å². The molecule has 0 spiro atoms. The fraction of sp³-hybridized carbons (Fsp3) is 0.158. The molecule has 6 heteroatoms. The van der Waals surface area contributed by atoms with Gasteiger partial charge in [0, 0.05) is 12.7 Å². The van der Waals surface area contributed by atoms with E-state index in [1.165, 1.54) is 50.1 Å². The van der Waals surface area contributed by atoms with Crippen LogP contribution in [-0.4, -0.2) is 23.9 Å². The van der Waals surface area contributed by atoms with Crippen molar-refractivity contribution in [3.63, 3.8) is 0 Å². The fourth-order valence-electron chi connectivity index (χ4n) is 1.97. The molecule has 0 N–H and O–H groups in total. The topological polar surface area (TPSA) is 52.6 Å². The first kappa shape index (κ1) is 18.7. The summed E-state index contributed by atoms with van der Waals surface area (Å²) in [5.41, 5.74) is 1.09. The van der Waals surface area contributed by atoms with Crippen LogP contribution >= 0.6 is 11.8 Å². The third kappa shape index (κ3) is 5.76. The molecule has 0 bridgehead atoms. The van der Waals surface area contributed by atoms with E-state index in [0.29, 0.717) is 11.5 Å². The summed E-state index contributed by atoms with van der Waals surface area (Å²) in [5, 5.41) is 0.0604. The lowest BCUT2D eigenvalue weighted by Gasteiger charge is -2.10. The summed E-state index contributed by atoms with van der Waals surface area (Å²) >= 11 is 1.22. The first-order chi connectivity index (χ1) is 12.0. The maximum Gasteiger partial charge on any atom is 0.343 e. The van der Waals surface area contributed by atoms with Gasteiger partial charge in [-0.15, -0.1) is 0 Å². The quantitative estimate of drug-likeness (QED) is 0.566. The zero-order valence-corrected chi connectivity index (χ0v) is 14.6. The molecule has 0 heterocycles. The van der Waals surface area contributed by atoms with Gasteiger partial charge in [-0.3, -0.25) is 4.79 Å². The number of esters is 1. The normalized spacial score (nSPS) is 10.7. The van der Waals surface area contributed by atoms with Crippen LogP contribution < -0.4 is 9.47 Å². The lowest BCUT2D eigenvalue weighted by molar-refractivity contribution is -0.109. The highest BCUT2D eigenvalue weighted by molar-refractivity contribution is 8.13. The lowest BCUT2D eigenvalue weighted by Crippen LogP contribution is -2.09. The third-order valence-corrected chi connectivity index (χ3v) is 3.93. The molecule has 25 heavy (non-hydrogen) atoms. The van der Waals surface area contributed by atoms with Gasteiger partial charge in [-0.2, -0.15) is 0 Å². The molecule has 130 valence electrons. The van der Waals surface area contributed by atoms with Crippen molar-refractivity contribution in [3.8, 4) is 11.5 Å². The maximum atomic E-state index is 12.9.